The van der Waals surface area contributed by atoms with Gasteiger partial charge in [-0.1, -0.05) is 46.7 Å². The van der Waals surface area contributed by atoms with E-state index in [1.54, 1.807) is 72.8 Å². The van der Waals surface area contributed by atoms with Gasteiger partial charge in [0.05, 0.1) is 0 Å². The van der Waals surface area contributed by atoms with Crippen molar-refractivity contribution >= 4 is 0 Å². The molecule has 0 N–H and O–H groups in total. The van der Waals surface area contributed by atoms with E-state index >= 15 is 0 Å². The van der Waals surface area contributed by atoms with Gasteiger partial charge in [-0.15, -0.1) is 0 Å². The minimum absolute atomic E-state index is 0.143. The molecule has 216 valence electrons. The summed E-state index contributed by atoms with van der Waals surface area (Å²) < 4.78 is 55.6. The first kappa shape index (κ1) is 27.9. The smallest absolute Gasteiger partial charge is 0.163 e. The second kappa shape index (κ2) is 13.1. The van der Waals surface area contributed by atoms with E-state index in [1.165, 1.54) is 12.1 Å². The molecule has 43 heavy (non-hydrogen) atoms. The summed E-state index contributed by atoms with van der Waals surface area (Å²) in [6.45, 7) is 0.676. The monoisotopic (exact) mass is 580 g/mol. The van der Waals surface area contributed by atoms with Crippen molar-refractivity contribution in [1.29, 1.82) is 0 Å². The lowest BCUT2D eigenvalue weighted by atomic mass is 10.1. The molecular weight excluding hydrogens is 554 g/mol. The highest BCUT2D eigenvalue weighted by molar-refractivity contribution is 5.60. The predicted molar refractivity (Wildman–Crippen MR) is 154 cm³/mol. The van der Waals surface area contributed by atoms with Gasteiger partial charge < -0.3 is 23.3 Å². The Morgan fingerprint density at radius 3 is 1.35 bits per heavy atom. The van der Waals surface area contributed by atoms with Crippen molar-refractivity contribution in [2.75, 3.05) is 0 Å². The highest BCUT2D eigenvalue weighted by Gasteiger charge is 2.11. The largest absolute Gasteiger partial charge is 0.489 e. The maximum atomic E-state index is 13.8. The van der Waals surface area contributed by atoms with Crippen molar-refractivity contribution in [2.24, 2.45) is 0 Å². The van der Waals surface area contributed by atoms with Crippen molar-refractivity contribution in [3.63, 3.8) is 0 Å². The lowest BCUT2D eigenvalue weighted by Gasteiger charge is -2.07. The fraction of sp³-hybridized carbons (Fsp3) is 0.118. The molecule has 0 spiro atoms. The van der Waals surface area contributed by atoms with E-state index in [2.05, 4.69) is 10.3 Å². The number of ether oxygens (including phenoxy) is 3. The van der Waals surface area contributed by atoms with Gasteiger partial charge in [0, 0.05) is 34.4 Å². The van der Waals surface area contributed by atoms with E-state index in [0.717, 1.165) is 11.1 Å². The summed E-state index contributed by atoms with van der Waals surface area (Å²) in [5, 5.41) is 8.24. The second-order valence-electron chi connectivity index (χ2n) is 9.66. The number of aromatic nitrogens is 2. The standard InChI is InChI=1S/C34H26F2N2O5/c35-31-7-3-1-5-25(31)19-40-27-13-9-23(10-14-27)33-17-29(42-37-33)21-39-22-30-18-34(38-43-30)24-11-15-28(16-12-24)41-20-26-6-2-4-8-32(26)36/h1-18H,19-22H2. The zero-order valence-electron chi connectivity index (χ0n) is 22.9. The Hall–Kier alpha value is -5.28. The fourth-order valence-corrected chi connectivity index (χ4v) is 4.28. The Bertz CT molecular complexity index is 1650. The Labute approximate surface area is 246 Å². The molecule has 0 saturated heterocycles. The first-order valence-corrected chi connectivity index (χ1v) is 13.5. The van der Waals surface area contributed by atoms with E-state index in [-0.39, 0.29) is 38.1 Å². The number of hydrogen-bond acceptors (Lipinski definition) is 7. The maximum absolute atomic E-state index is 13.8. The molecule has 6 aromatic rings. The van der Waals surface area contributed by atoms with E-state index in [9.17, 15) is 8.78 Å². The van der Waals surface area contributed by atoms with E-state index in [1.807, 2.05) is 24.3 Å². The lowest BCUT2D eigenvalue weighted by Crippen LogP contribution is -1.98. The number of hydrogen-bond donors (Lipinski definition) is 0. The Morgan fingerprint density at radius 1 is 0.512 bits per heavy atom. The number of nitrogens with zero attached hydrogens (tertiary/aromatic N) is 2. The number of benzene rings is 4. The molecule has 0 bridgehead atoms. The fourth-order valence-electron chi connectivity index (χ4n) is 4.28. The minimum Gasteiger partial charge on any atom is -0.489 e. The van der Waals surface area contributed by atoms with Gasteiger partial charge in [-0.2, -0.15) is 0 Å². The van der Waals surface area contributed by atoms with Gasteiger partial charge in [0.25, 0.3) is 0 Å². The molecule has 0 saturated carbocycles. The van der Waals surface area contributed by atoms with Gasteiger partial charge in [0.15, 0.2) is 11.5 Å². The molecule has 6 rings (SSSR count). The van der Waals surface area contributed by atoms with Crippen LogP contribution in [0.3, 0.4) is 0 Å². The molecule has 2 aromatic heterocycles. The van der Waals surface area contributed by atoms with E-state index in [4.69, 9.17) is 23.3 Å². The topological polar surface area (TPSA) is 79.8 Å². The van der Waals surface area contributed by atoms with Crippen LogP contribution in [0.5, 0.6) is 11.5 Å². The molecule has 4 aromatic carbocycles. The second-order valence-corrected chi connectivity index (χ2v) is 9.66. The Kier molecular flexibility index (Phi) is 8.51. The van der Waals surface area contributed by atoms with Crippen LogP contribution in [0.25, 0.3) is 22.5 Å². The maximum Gasteiger partial charge on any atom is 0.163 e. The normalized spacial score (nSPS) is 11.0. The van der Waals surface area contributed by atoms with Crippen LogP contribution in [0.4, 0.5) is 8.78 Å². The van der Waals surface area contributed by atoms with Crippen LogP contribution in [0.15, 0.2) is 118 Å². The Morgan fingerprint density at radius 2 is 0.930 bits per heavy atom. The molecule has 0 fully saturated rings. The van der Waals surface area contributed by atoms with Crippen molar-refractivity contribution in [2.45, 2.75) is 26.4 Å². The zero-order valence-corrected chi connectivity index (χ0v) is 22.9. The first-order chi connectivity index (χ1) is 21.1. The van der Waals surface area contributed by atoms with Gasteiger partial charge in [-0.25, -0.2) is 8.78 Å². The third-order valence-electron chi connectivity index (χ3n) is 6.61. The van der Waals surface area contributed by atoms with Crippen LogP contribution in [-0.2, 0) is 31.2 Å². The molecule has 0 amide bonds. The van der Waals surface area contributed by atoms with Gasteiger partial charge in [0.1, 0.15) is 60.9 Å². The molecule has 7 nitrogen and oxygen atoms in total. The third kappa shape index (κ3) is 7.14. The van der Waals surface area contributed by atoms with Gasteiger partial charge in [0.2, 0.25) is 0 Å². The molecule has 0 unspecified atom stereocenters. The number of halogens is 2. The number of rotatable bonds is 12. The van der Waals surface area contributed by atoms with Crippen LogP contribution in [-0.4, -0.2) is 10.3 Å². The van der Waals surface area contributed by atoms with E-state index < -0.39 is 0 Å². The SMILES string of the molecule is Fc1ccccc1COc1ccc(-c2cc(COCc3cc(-c4ccc(OCc5ccccc5F)cc4)no3)on2)cc1. The molecule has 2 heterocycles. The van der Waals surface area contributed by atoms with Crippen molar-refractivity contribution in [3.05, 3.63) is 143 Å². The van der Waals surface area contributed by atoms with Crippen molar-refractivity contribution < 1.29 is 32.0 Å². The average Bonchev–Trinajstić information content (AvgIpc) is 3.71. The summed E-state index contributed by atoms with van der Waals surface area (Å²) >= 11 is 0. The molecule has 0 radical (unpaired) electrons. The quantitative estimate of drug-likeness (QED) is 0.145. The van der Waals surface area contributed by atoms with Gasteiger partial charge >= 0.3 is 0 Å². The predicted octanol–water partition coefficient (Wildman–Crippen LogP) is 8.15. The summed E-state index contributed by atoms with van der Waals surface area (Å²) in [6, 6.07) is 31.3. The van der Waals surface area contributed by atoms with Crippen LogP contribution in [0, 0.1) is 11.6 Å². The molecule has 0 aliphatic rings. The van der Waals surface area contributed by atoms with Gasteiger partial charge in [-0.05, 0) is 60.7 Å². The molecule has 0 aliphatic heterocycles. The summed E-state index contributed by atoms with van der Waals surface area (Å²) in [5.41, 5.74) is 3.99. The summed E-state index contributed by atoms with van der Waals surface area (Å²) in [5.74, 6) is 1.76. The van der Waals surface area contributed by atoms with Crippen molar-refractivity contribution in [3.8, 4) is 34.0 Å². The minimum atomic E-state index is -0.295. The van der Waals surface area contributed by atoms with Crippen LogP contribution in [0.2, 0.25) is 0 Å². The molecule has 9 heteroatoms. The van der Waals surface area contributed by atoms with Crippen LogP contribution in [0.1, 0.15) is 22.6 Å². The summed E-state index contributed by atoms with van der Waals surface area (Å²) in [7, 11) is 0. The molecule has 0 atom stereocenters. The van der Waals surface area contributed by atoms with Crippen LogP contribution >= 0.6 is 0 Å². The summed E-state index contributed by atoms with van der Waals surface area (Å²) in [6.07, 6.45) is 0. The molecular formula is C34H26F2N2O5. The lowest BCUT2D eigenvalue weighted by molar-refractivity contribution is 0.0727. The molecule has 0 aliphatic carbocycles. The highest BCUT2D eigenvalue weighted by Crippen LogP contribution is 2.25. The first-order valence-electron chi connectivity index (χ1n) is 13.5. The average molecular weight is 581 g/mol. The Balaban J connectivity index is 0.968. The zero-order chi connectivity index (χ0) is 29.4. The van der Waals surface area contributed by atoms with Crippen molar-refractivity contribution in [1.82, 2.24) is 10.3 Å². The van der Waals surface area contributed by atoms with Gasteiger partial charge in [-0.3, -0.25) is 0 Å². The van der Waals surface area contributed by atoms with Crippen LogP contribution < -0.4 is 9.47 Å². The summed E-state index contributed by atoms with van der Waals surface area (Å²) in [4.78, 5) is 0. The third-order valence-corrected chi connectivity index (χ3v) is 6.61. The van der Waals surface area contributed by atoms with E-state index in [0.29, 0.717) is 45.5 Å². The highest BCUT2D eigenvalue weighted by atomic mass is 19.1.